The van der Waals surface area contributed by atoms with Gasteiger partial charge in [-0.3, -0.25) is 4.52 Å². The summed E-state index contributed by atoms with van der Waals surface area (Å²) >= 11 is 0. The third-order valence-corrected chi connectivity index (χ3v) is 1.43. The smallest absolute Gasteiger partial charge is 0.305 e. The van der Waals surface area contributed by atoms with Gasteiger partial charge in [0.25, 0.3) is 0 Å². The van der Waals surface area contributed by atoms with Crippen molar-refractivity contribution < 1.29 is 38.1 Å². The molecule has 0 radical (unpaired) electrons. The Balaban J connectivity index is 0. The molecule has 0 spiro atoms. The summed E-state index contributed by atoms with van der Waals surface area (Å²) in [7, 11) is -9.04. The van der Waals surface area contributed by atoms with E-state index in [1.165, 1.54) is 0 Å². The molecule has 15 heavy (non-hydrogen) atoms. The van der Waals surface area contributed by atoms with Crippen molar-refractivity contribution in [3.8, 4) is 0 Å². The summed E-state index contributed by atoms with van der Waals surface area (Å²) in [5.74, 6) is -0.104. The second-order valence-electron chi connectivity index (χ2n) is 2.82. The first kappa shape index (κ1) is 17.6. The van der Waals surface area contributed by atoms with Crippen molar-refractivity contribution in [3.63, 3.8) is 0 Å². The van der Waals surface area contributed by atoms with Crippen molar-refractivity contribution >= 4 is 15.6 Å². The molecule has 0 bridgehead atoms. The summed E-state index contributed by atoms with van der Waals surface area (Å²) in [6.45, 7) is 3.42. The summed E-state index contributed by atoms with van der Waals surface area (Å²) in [6, 6.07) is 0. The molecule has 1 atom stereocenters. The zero-order valence-corrected chi connectivity index (χ0v) is 9.88. The van der Waals surface area contributed by atoms with Gasteiger partial charge in [0.1, 0.15) is 6.23 Å². The summed E-state index contributed by atoms with van der Waals surface area (Å²) in [4.78, 5) is 38.1. The van der Waals surface area contributed by atoms with Crippen LogP contribution < -0.4 is 5.73 Å². The maximum atomic E-state index is 10.1. The first-order valence-electron chi connectivity index (χ1n) is 3.60. The van der Waals surface area contributed by atoms with Crippen molar-refractivity contribution in [1.82, 2.24) is 0 Å². The van der Waals surface area contributed by atoms with Gasteiger partial charge in [-0.1, -0.05) is 13.8 Å². The molecule has 0 rings (SSSR count). The summed E-state index contributed by atoms with van der Waals surface area (Å²) in [6.07, 6.45) is -0.902. The van der Waals surface area contributed by atoms with Gasteiger partial charge in [0.05, 0.1) is 0 Å². The lowest BCUT2D eigenvalue weighted by molar-refractivity contribution is 0.105. The Bertz CT molecular complexity index is 247. The highest BCUT2D eigenvalue weighted by atomic mass is 31.2. The number of hydrogen-bond donors (Lipinski definition) is 6. The zero-order valence-electron chi connectivity index (χ0n) is 8.09. The van der Waals surface area contributed by atoms with E-state index in [9.17, 15) is 4.57 Å². The number of rotatable bonds is 3. The van der Waals surface area contributed by atoms with E-state index in [-0.39, 0.29) is 5.92 Å². The SMILES string of the molecule is CC(C)C(N)OP(=O)(O)O.O=P(O)(O)O. The number of nitrogens with two attached hydrogens (primary N) is 1. The Morgan fingerprint density at radius 3 is 1.40 bits per heavy atom. The summed E-state index contributed by atoms with van der Waals surface area (Å²) in [5, 5.41) is 0. The average molecular weight is 267 g/mol. The lowest BCUT2D eigenvalue weighted by Crippen LogP contribution is -2.28. The molecule has 0 aliphatic rings. The monoisotopic (exact) mass is 267 g/mol. The first-order chi connectivity index (χ1) is 6.33. The van der Waals surface area contributed by atoms with Crippen LogP contribution in [0.3, 0.4) is 0 Å². The van der Waals surface area contributed by atoms with E-state index in [0.717, 1.165) is 0 Å². The molecule has 11 heteroatoms. The highest BCUT2D eigenvalue weighted by molar-refractivity contribution is 7.46. The van der Waals surface area contributed by atoms with Crippen molar-refractivity contribution in [2.75, 3.05) is 0 Å². The Morgan fingerprint density at radius 1 is 1.07 bits per heavy atom. The average Bonchev–Trinajstić information content (AvgIpc) is 1.78. The van der Waals surface area contributed by atoms with E-state index in [2.05, 4.69) is 4.52 Å². The molecular weight excluding hydrogens is 252 g/mol. The largest absolute Gasteiger partial charge is 0.471 e. The van der Waals surface area contributed by atoms with Crippen LogP contribution in [0, 0.1) is 5.92 Å². The third-order valence-electron chi connectivity index (χ3n) is 0.916. The molecule has 9 nitrogen and oxygen atoms in total. The molecule has 0 amide bonds. The fourth-order valence-electron chi connectivity index (χ4n) is 0.280. The third kappa shape index (κ3) is 25.0. The molecule has 0 heterocycles. The fraction of sp³-hybridized carbons (Fsp3) is 1.00. The molecular formula is C4H15NO8P2. The van der Waals surface area contributed by atoms with Gasteiger partial charge < -0.3 is 30.2 Å². The molecule has 94 valence electrons. The minimum absolute atomic E-state index is 0.104. The first-order valence-corrected chi connectivity index (χ1v) is 6.70. The molecule has 0 aliphatic heterocycles. The highest BCUT2D eigenvalue weighted by Gasteiger charge is 2.20. The topological polar surface area (TPSA) is 171 Å². The van der Waals surface area contributed by atoms with E-state index < -0.39 is 21.9 Å². The lowest BCUT2D eigenvalue weighted by Gasteiger charge is -2.15. The Labute approximate surface area is 86.4 Å². The van der Waals surface area contributed by atoms with Gasteiger partial charge in [-0.2, -0.15) is 0 Å². The minimum atomic E-state index is -4.64. The lowest BCUT2D eigenvalue weighted by atomic mass is 10.2. The van der Waals surface area contributed by atoms with Crippen LogP contribution in [0.1, 0.15) is 13.8 Å². The normalized spacial score (nSPS) is 14.5. The molecule has 0 saturated carbocycles. The van der Waals surface area contributed by atoms with Gasteiger partial charge in [0, 0.05) is 0 Å². The van der Waals surface area contributed by atoms with Crippen LogP contribution in [0.15, 0.2) is 0 Å². The molecule has 7 N–H and O–H groups in total. The van der Waals surface area contributed by atoms with Crippen LogP contribution in [0.2, 0.25) is 0 Å². The van der Waals surface area contributed by atoms with Crippen molar-refractivity contribution in [3.05, 3.63) is 0 Å². The van der Waals surface area contributed by atoms with Crippen LogP contribution in [-0.2, 0) is 13.7 Å². The zero-order chi connectivity index (χ0) is 12.9. The van der Waals surface area contributed by atoms with Crippen LogP contribution in [-0.4, -0.2) is 30.7 Å². The van der Waals surface area contributed by atoms with Gasteiger partial charge in [0.2, 0.25) is 0 Å². The Morgan fingerprint density at radius 2 is 1.33 bits per heavy atom. The predicted octanol–water partition coefficient (Wildman–Crippen LogP) is -0.892. The van der Waals surface area contributed by atoms with Gasteiger partial charge in [0.15, 0.2) is 0 Å². The predicted molar refractivity (Wildman–Crippen MR) is 50.2 cm³/mol. The Kier molecular flexibility index (Phi) is 7.84. The summed E-state index contributed by atoms with van der Waals surface area (Å²) < 4.78 is 23.2. The second-order valence-corrected chi connectivity index (χ2v) is 5.04. The number of hydrogen-bond acceptors (Lipinski definition) is 4. The molecule has 0 saturated heterocycles. The van der Waals surface area contributed by atoms with Crippen molar-refractivity contribution in [2.24, 2.45) is 11.7 Å². The molecule has 0 aliphatic carbocycles. The Hall–Kier alpha value is 0.180. The maximum absolute atomic E-state index is 10.1. The maximum Gasteiger partial charge on any atom is 0.471 e. The molecule has 0 aromatic heterocycles. The number of phosphoric acid groups is 2. The molecule has 0 fully saturated rings. The van der Waals surface area contributed by atoms with E-state index >= 15 is 0 Å². The molecule has 1 unspecified atom stereocenters. The van der Waals surface area contributed by atoms with Crippen LogP contribution in [0.4, 0.5) is 0 Å². The van der Waals surface area contributed by atoms with E-state index in [1.807, 2.05) is 0 Å². The van der Waals surface area contributed by atoms with Gasteiger partial charge in [-0.05, 0) is 5.92 Å². The quantitative estimate of drug-likeness (QED) is 0.280. The number of phosphoric ester groups is 1. The van der Waals surface area contributed by atoms with E-state index in [1.54, 1.807) is 13.8 Å². The van der Waals surface area contributed by atoms with Gasteiger partial charge >= 0.3 is 15.6 Å². The van der Waals surface area contributed by atoms with Gasteiger partial charge in [-0.25, -0.2) is 9.13 Å². The van der Waals surface area contributed by atoms with Crippen molar-refractivity contribution in [1.29, 1.82) is 0 Å². The fourth-order valence-corrected chi connectivity index (χ4v) is 0.841. The van der Waals surface area contributed by atoms with Crippen molar-refractivity contribution in [2.45, 2.75) is 20.1 Å². The van der Waals surface area contributed by atoms with E-state index in [4.69, 9.17) is 34.8 Å². The standard InChI is InChI=1S/C4H12NO4P.H3O4P/c1-3(2)4(5)9-10(6,7)8;1-5(2,3)4/h3-4H,5H2,1-2H3,(H2,6,7,8);(H3,1,2,3,4). The van der Waals surface area contributed by atoms with Gasteiger partial charge in [-0.15, -0.1) is 0 Å². The second kappa shape index (κ2) is 6.70. The summed E-state index contributed by atoms with van der Waals surface area (Å²) in [5.41, 5.74) is 5.19. The minimum Gasteiger partial charge on any atom is -0.305 e. The molecule has 0 aromatic carbocycles. The van der Waals surface area contributed by atoms with Crippen LogP contribution in [0.25, 0.3) is 0 Å². The van der Waals surface area contributed by atoms with Crippen LogP contribution in [0.5, 0.6) is 0 Å². The van der Waals surface area contributed by atoms with Crippen LogP contribution >= 0.6 is 15.6 Å². The van der Waals surface area contributed by atoms with E-state index in [0.29, 0.717) is 0 Å². The highest BCUT2D eigenvalue weighted by Crippen LogP contribution is 2.37. The molecule has 0 aromatic rings.